The van der Waals surface area contributed by atoms with Crippen LogP contribution < -0.4 is 0 Å². The molecule has 1 aromatic carbocycles. The Hall–Kier alpha value is -1.70. The first-order chi connectivity index (χ1) is 15.2. The number of rotatable bonds is 17. The Morgan fingerprint density at radius 1 is 0.645 bits per heavy atom. The molecule has 1 heterocycles. The number of benzene rings is 1. The molecule has 1 unspecified atom stereocenters. The van der Waals surface area contributed by atoms with Gasteiger partial charge in [0.05, 0.1) is 0 Å². The van der Waals surface area contributed by atoms with Crippen LogP contribution in [-0.4, -0.2) is 9.97 Å². The predicted octanol–water partition coefficient (Wildman–Crippen LogP) is 8.98. The van der Waals surface area contributed by atoms with Crippen molar-refractivity contribution in [3.05, 3.63) is 47.8 Å². The van der Waals surface area contributed by atoms with Crippen LogP contribution in [0.15, 0.2) is 36.7 Å². The van der Waals surface area contributed by atoms with Crippen molar-refractivity contribution in [3.63, 3.8) is 0 Å². The zero-order valence-electron chi connectivity index (χ0n) is 20.5. The number of nitrogens with zero attached hydrogens (tertiary/aromatic N) is 2. The third kappa shape index (κ3) is 10.9. The minimum absolute atomic E-state index is 0.847. The van der Waals surface area contributed by atoms with Gasteiger partial charge in [-0.2, -0.15) is 0 Å². The number of aryl methyl sites for hydroxylation is 2. The van der Waals surface area contributed by atoms with E-state index in [1.54, 1.807) is 0 Å². The van der Waals surface area contributed by atoms with Gasteiger partial charge in [0.2, 0.25) is 0 Å². The molecule has 0 fully saturated rings. The van der Waals surface area contributed by atoms with Gasteiger partial charge in [0.15, 0.2) is 5.82 Å². The van der Waals surface area contributed by atoms with Crippen molar-refractivity contribution in [1.29, 1.82) is 0 Å². The summed E-state index contributed by atoms with van der Waals surface area (Å²) in [7, 11) is 0. The summed E-state index contributed by atoms with van der Waals surface area (Å²) in [5.74, 6) is 1.74. The lowest BCUT2D eigenvalue weighted by Crippen LogP contribution is -1.94. The van der Waals surface area contributed by atoms with Gasteiger partial charge < -0.3 is 0 Å². The lowest BCUT2D eigenvalue weighted by Gasteiger charge is -2.07. The van der Waals surface area contributed by atoms with Crippen LogP contribution in [0.5, 0.6) is 0 Å². The smallest absolute Gasteiger partial charge is 0.159 e. The lowest BCUT2D eigenvalue weighted by molar-refractivity contribution is 0.472. The highest BCUT2D eigenvalue weighted by molar-refractivity contribution is 5.55. The van der Waals surface area contributed by atoms with Crippen molar-refractivity contribution in [2.24, 2.45) is 5.92 Å². The van der Waals surface area contributed by atoms with Crippen LogP contribution in [0, 0.1) is 5.92 Å². The molecule has 2 heteroatoms. The Bertz CT molecular complexity index is 675. The fraction of sp³-hybridized carbons (Fsp3) is 0.655. The fourth-order valence-corrected chi connectivity index (χ4v) is 4.12. The molecule has 0 aliphatic rings. The lowest BCUT2D eigenvalue weighted by atomic mass is 9.99. The molecule has 0 aliphatic heterocycles. The summed E-state index contributed by atoms with van der Waals surface area (Å²) in [6.07, 6.45) is 23.9. The summed E-state index contributed by atoms with van der Waals surface area (Å²) in [6.45, 7) is 6.94. The summed E-state index contributed by atoms with van der Waals surface area (Å²) in [6, 6.07) is 8.86. The van der Waals surface area contributed by atoms with Crippen molar-refractivity contribution in [3.8, 4) is 11.4 Å². The van der Waals surface area contributed by atoms with Crippen LogP contribution in [0.1, 0.15) is 115 Å². The Morgan fingerprint density at radius 3 is 1.81 bits per heavy atom. The maximum absolute atomic E-state index is 4.63. The molecule has 0 spiro atoms. The highest BCUT2D eigenvalue weighted by Gasteiger charge is 2.03. The topological polar surface area (TPSA) is 25.8 Å². The Kier molecular flexibility index (Phi) is 13.2. The van der Waals surface area contributed by atoms with Crippen molar-refractivity contribution >= 4 is 0 Å². The van der Waals surface area contributed by atoms with E-state index in [2.05, 4.69) is 55.0 Å². The second kappa shape index (κ2) is 16.0. The van der Waals surface area contributed by atoms with E-state index in [0.29, 0.717) is 0 Å². The van der Waals surface area contributed by atoms with E-state index < -0.39 is 0 Å². The normalized spacial score (nSPS) is 12.2. The molecule has 2 nitrogen and oxygen atoms in total. The largest absolute Gasteiger partial charge is 0.236 e. The average molecular weight is 423 g/mol. The Morgan fingerprint density at radius 2 is 1.19 bits per heavy atom. The molecule has 0 aliphatic carbocycles. The van der Waals surface area contributed by atoms with E-state index in [-0.39, 0.29) is 0 Å². The molecule has 1 atom stereocenters. The highest BCUT2D eigenvalue weighted by Crippen LogP contribution is 2.18. The average Bonchev–Trinajstić information content (AvgIpc) is 2.81. The zero-order chi connectivity index (χ0) is 22.2. The van der Waals surface area contributed by atoms with Gasteiger partial charge in [0.1, 0.15) is 0 Å². The van der Waals surface area contributed by atoms with Crippen LogP contribution in [-0.2, 0) is 12.8 Å². The first-order valence-electron chi connectivity index (χ1n) is 13.1. The van der Waals surface area contributed by atoms with E-state index in [9.17, 15) is 0 Å². The van der Waals surface area contributed by atoms with Crippen LogP contribution in [0.2, 0.25) is 0 Å². The predicted molar refractivity (Wildman–Crippen MR) is 135 cm³/mol. The SMILES string of the molecule is CCCCCCCCc1ccc(-c2ncc(CCCCCCCC(C)CC)cn2)cc1. The van der Waals surface area contributed by atoms with Crippen molar-refractivity contribution in [2.45, 2.75) is 117 Å². The molecule has 31 heavy (non-hydrogen) atoms. The molecule has 0 saturated carbocycles. The standard InChI is InChI=1S/C29H46N2/c1-4-6-7-8-11-14-17-26-19-21-28(22-20-26)29-30-23-27(24-31-29)18-15-12-9-10-13-16-25(3)5-2/h19-25H,4-18H2,1-3H3. The molecule has 172 valence electrons. The summed E-state index contributed by atoms with van der Waals surface area (Å²) in [5.41, 5.74) is 3.82. The molecular formula is C29H46N2. The van der Waals surface area contributed by atoms with Gasteiger partial charge in [0.25, 0.3) is 0 Å². The van der Waals surface area contributed by atoms with E-state index in [1.807, 2.05) is 12.4 Å². The van der Waals surface area contributed by atoms with Crippen LogP contribution in [0.25, 0.3) is 11.4 Å². The first-order valence-corrected chi connectivity index (χ1v) is 13.1. The summed E-state index contributed by atoms with van der Waals surface area (Å²) in [4.78, 5) is 9.26. The molecule has 0 radical (unpaired) electrons. The number of unbranched alkanes of at least 4 members (excludes halogenated alkanes) is 9. The monoisotopic (exact) mass is 422 g/mol. The van der Waals surface area contributed by atoms with Gasteiger partial charge >= 0.3 is 0 Å². The van der Waals surface area contributed by atoms with Crippen LogP contribution in [0.4, 0.5) is 0 Å². The molecule has 2 rings (SSSR count). The summed E-state index contributed by atoms with van der Waals surface area (Å²) < 4.78 is 0. The molecular weight excluding hydrogens is 376 g/mol. The van der Waals surface area contributed by atoms with Crippen LogP contribution in [0.3, 0.4) is 0 Å². The maximum Gasteiger partial charge on any atom is 0.159 e. The Balaban J connectivity index is 1.64. The molecule has 0 amide bonds. The summed E-state index contributed by atoms with van der Waals surface area (Å²) >= 11 is 0. The minimum atomic E-state index is 0.847. The van der Waals surface area contributed by atoms with E-state index >= 15 is 0 Å². The molecule has 0 saturated heterocycles. The van der Waals surface area contributed by atoms with Gasteiger partial charge in [-0.25, -0.2) is 9.97 Å². The highest BCUT2D eigenvalue weighted by atomic mass is 14.9. The number of hydrogen-bond donors (Lipinski definition) is 0. The number of hydrogen-bond acceptors (Lipinski definition) is 2. The molecule has 0 bridgehead atoms. The van der Waals surface area contributed by atoms with Gasteiger partial charge in [0, 0.05) is 18.0 Å². The molecule has 0 N–H and O–H groups in total. The van der Waals surface area contributed by atoms with Gasteiger partial charge in [-0.1, -0.05) is 116 Å². The third-order valence-electron chi connectivity index (χ3n) is 6.60. The first kappa shape index (κ1) is 25.6. The molecule has 2 aromatic rings. The van der Waals surface area contributed by atoms with E-state index in [0.717, 1.165) is 23.7 Å². The van der Waals surface area contributed by atoms with Crippen molar-refractivity contribution in [1.82, 2.24) is 9.97 Å². The van der Waals surface area contributed by atoms with Crippen LogP contribution >= 0.6 is 0 Å². The Labute approximate surface area is 192 Å². The second-order valence-corrected chi connectivity index (χ2v) is 9.45. The summed E-state index contributed by atoms with van der Waals surface area (Å²) in [5, 5.41) is 0. The van der Waals surface area contributed by atoms with Crippen molar-refractivity contribution in [2.75, 3.05) is 0 Å². The third-order valence-corrected chi connectivity index (χ3v) is 6.60. The number of aromatic nitrogens is 2. The van der Waals surface area contributed by atoms with Gasteiger partial charge in [-0.15, -0.1) is 0 Å². The maximum atomic E-state index is 4.63. The van der Waals surface area contributed by atoms with Crippen molar-refractivity contribution < 1.29 is 0 Å². The minimum Gasteiger partial charge on any atom is -0.236 e. The zero-order valence-corrected chi connectivity index (χ0v) is 20.5. The van der Waals surface area contributed by atoms with Gasteiger partial charge in [-0.05, 0) is 42.7 Å². The quantitative estimate of drug-likeness (QED) is 0.238. The second-order valence-electron chi connectivity index (χ2n) is 9.45. The van der Waals surface area contributed by atoms with E-state index in [1.165, 1.54) is 101 Å². The van der Waals surface area contributed by atoms with Gasteiger partial charge in [-0.3, -0.25) is 0 Å². The molecule has 1 aromatic heterocycles. The fourth-order valence-electron chi connectivity index (χ4n) is 4.12. The van der Waals surface area contributed by atoms with E-state index in [4.69, 9.17) is 0 Å².